The molecule has 1 atom stereocenters. The molecule has 1 unspecified atom stereocenters. The number of carbonyl (C=O) groups excluding carboxylic acids is 1. The van der Waals surface area contributed by atoms with Gasteiger partial charge in [0.25, 0.3) is 0 Å². The Bertz CT molecular complexity index is 564. The van der Waals surface area contributed by atoms with Gasteiger partial charge in [-0.05, 0) is 49.4 Å². The van der Waals surface area contributed by atoms with Crippen molar-refractivity contribution in [3.63, 3.8) is 0 Å². The van der Waals surface area contributed by atoms with E-state index in [1.807, 2.05) is 0 Å². The molecule has 4 nitrogen and oxygen atoms in total. The Morgan fingerprint density at radius 2 is 1.92 bits per heavy atom. The number of hydrogen-bond donors (Lipinski definition) is 1. The van der Waals surface area contributed by atoms with E-state index in [1.54, 1.807) is 0 Å². The summed E-state index contributed by atoms with van der Waals surface area (Å²) in [6.45, 7) is 7.59. The number of carbonyl (C=O) groups is 1. The highest BCUT2D eigenvalue weighted by molar-refractivity contribution is 5.79. The monoisotopic (exact) mass is 329 g/mol. The summed E-state index contributed by atoms with van der Waals surface area (Å²) in [4.78, 5) is 17.3. The van der Waals surface area contributed by atoms with Crippen molar-refractivity contribution in [3.8, 4) is 0 Å². The Morgan fingerprint density at radius 1 is 1.17 bits per heavy atom. The zero-order valence-corrected chi connectivity index (χ0v) is 15.2. The lowest BCUT2D eigenvalue weighted by molar-refractivity contribution is -0.121. The molecule has 0 radical (unpaired) electrons. The van der Waals surface area contributed by atoms with Crippen LogP contribution in [-0.2, 0) is 24.1 Å². The predicted octanol–water partition coefficient (Wildman–Crippen LogP) is 1.86. The van der Waals surface area contributed by atoms with Crippen molar-refractivity contribution in [1.29, 1.82) is 0 Å². The standard InChI is InChI=1S/C20H31N3O/c1-3-19(15-23-11-9-22(2)10-12-23)21-20(24)14-16-7-8-17-5-4-6-18(17)13-16/h7-8,13,19H,3-6,9-12,14-15H2,1-2H3,(H,21,24). The van der Waals surface area contributed by atoms with Gasteiger partial charge in [0.2, 0.25) is 5.91 Å². The molecule has 4 heteroatoms. The number of fused-ring (bicyclic) bond motifs is 1. The number of benzene rings is 1. The van der Waals surface area contributed by atoms with Gasteiger partial charge in [-0.1, -0.05) is 25.1 Å². The molecular weight excluding hydrogens is 298 g/mol. The van der Waals surface area contributed by atoms with E-state index in [1.165, 1.54) is 30.4 Å². The number of rotatable bonds is 6. The maximum absolute atomic E-state index is 12.4. The summed E-state index contributed by atoms with van der Waals surface area (Å²) in [6, 6.07) is 6.84. The lowest BCUT2D eigenvalue weighted by Crippen LogP contribution is -2.50. The summed E-state index contributed by atoms with van der Waals surface area (Å²) in [5.41, 5.74) is 4.08. The minimum absolute atomic E-state index is 0.161. The molecule has 1 aliphatic heterocycles. The van der Waals surface area contributed by atoms with Crippen LogP contribution in [0, 0.1) is 0 Å². The van der Waals surface area contributed by atoms with Gasteiger partial charge < -0.3 is 10.2 Å². The van der Waals surface area contributed by atoms with Crippen molar-refractivity contribution in [3.05, 3.63) is 34.9 Å². The van der Waals surface area contributed by atoms with Gasteiger partial charge in [-0.2, -0.15) is 0 Å². The van der Waals surface area contributed by atoms with Gasteiger partial charge in [-0.15, -0.1) is 0 Å². The fourth-order valence-corrected chi connectivity index (χ4v) is 3.82. The summed E-state index contributed by atoms with van der Waals surface area (Å²) in [7, 11) is 2.17. The topological polar surface area (TPSA) is 35.6 Å². The molecule has 2 aliphatic rings. The van der Waals surface area contributed by atoms with Crippen molar-refractivity contribution in [2.45, 2.75) is 45.1 Å². The zero-order valence-electron chi connectivity index (χ0n) is 15.2. The van der Waals surface area contributed by atoms with Crippen LogP contribution in [0.5, 0.6) is 0 Å². The van der Waals surface area contributed by atoms with E-state index in [2.05, 4.69) is 47.3 Å². The number of likely N-dealkylation sites (N-methyl/N-ethyl adjacent to an activating group) is 1. The van der Waals surface area contributed by atoms with Crippen LogP contribution in [0.2, 0.25) is 0 Å². The Hall–Kier alpha value is -1.39. The first-order valence-corrected chi connectivity index (χ1v) is 9.45. The first kappa shape index (κ1) is 17.4. The van der Waals surface area contributed by atoms with Crippen molar-refractivity contribution in [2.75, 3.05) is 39.8 Å². The summed E-state index contributed by atoms with van der Waals surface area (Å²) in [6.07, 6.45) is 5.12. The van der Waals surface area contributed by atoms with Gasteiger partial charge in [0, 0.05) is 38.8 Å². The summed E-state index contributed by atoms with van der Waals surface area (Å²) in [5.74, 6) is 0.161. The maximum Gasteiger partial charge on any atom is 0.224 e. The molecule has 0 saturated carbocycles. The largest absolute Gasteiger partial charge is 0.352 e. The Labute approximate surface area is 146 Å². The first-order chi connectivity index (χ1) is 11.6. The van der Waals surface area contributed by atoms with Crippen LogP contribution in [-0.4, -0.2) is 61.5 Å². The van der Waals surface area contributed by atoms with Crippen molar-refractivity contribution in [1.82, 2.24) is 15.1 Å². The third-order valence-electron chi connectivity index (χ3n) is 5.46. The molecule has 1 aromatic carbocycles. The van der Waals surface area contributed by atoms with E-state index >= 15 is 0 Å². The number of nitrogens with one attached hydrogen (secondary N) is 1. The highest BCUT2D eigenvalue weighted by Crippen LogP contribution is 2.23. The van der Waals surface area contributed by atoms with Gasteiger partial charge in [-0.25, -0.2) is 0 Å². The van der Waals surface area contributed by atoms with E-state index in [4.69, 9.17) is 0 Å². The normalized spacial score (nSPS) is 19.9. The van der Waals surface area contributed by atoms with Crippen molar-refractivity contribution < 1.29 is 4.79 Å². The number of amides is 1. The second kappa shape index (κ2) is 8.13. The number of hydrogen-bond acceptors (Lipinski definition) is 3. The van der Waals surface area contributed by atoms with Crippen LogP contribution in [0.3, 0.4) is 0 Å². The number of nitrogens with zero attached hydrogens (tertiary/aromatic N) is 2. The molecule has 0 bridgehead atoms. The quantitative estimate of drug-likeness (QED) is 0.865. The Morgan fingerprint density at radius 3 is 2.67 bits per heavy atom. The third-order valence-corrected chi connectivity index (χ3v) is 5.46. The van der Waals surface area contributed by atoms with Gasteiger partial charge in [0.05, 0.1) is 6.42 Å². The lowest BCUT2D eigenvalue weighted by Gasteiger charge is -2.34. The minimum Gasteiger partial charge on any atom is -0.352 e. The first-order valence-electron chi connectivity index (χ1n) is 9.45. The fourth-order valence-electron chi connectivity index (χ4n) is 3.82. The summed E-state index contributed by atoms with van der Waals surface area (Å²) < 4.78 is 0. The second-order valence-corrected chi connectivity index (χ2v) is 7.41. The van der Waals surface area contributed by atoms with Crippen LogP contribution < -0.4 is 5.32 Å². The van der Waals surface area contributed by atoms with Crippen LogP contribution in [0.1, 0.15) is 36.5 Å². The average Bonchev–Trinajstić information content (AvgIpc) is 3.04. The van der Waals surface area contributed by atoms with Crippen molar-refractivity contribution >= 4 is 5.91 Å². The van der Waals surface area contributed by atoms with E-state index in [-0.39, 0.29) is 11.9 Å². The molecule has 1 aliphatic carbocycles. The number of aryl methyl sites for hydroxylation is 2. The Kier molecular flexibility index (Phi) is 5.90. The molecule has 24 heavy (non-hydrogen) atoms. The molecule has 1 N–H and O–H groups in total. The summed E-state index contributed by atoms with van der Waals surface area (Å²) in [5, 5.41) is 3.25. The summed E-state index contributed by atoms with van der Waals surface area (Å²) >= 11 is 0. The third kappa shape index (κ3) is 4.58. The molecule has 1 fully saturated rings. The molecule has 1 amide bonds. The molecule has 3 rings (SSSR count). The van der Waals surface area contributed by atoms with Crippen LogP contribution >= 0.6 is 0 Å². The van der Waals surface area contributed by atoms with Gasteiger partial charge in [0.1, 0.15) is 0 Å². The Balaban J connectivity index is 1.49. The SMILES string of the molecule is CCC(CN1CCN(C)CC1)NC(=O)Cc1ccc2c(c1)CCC2. The zero-order chi connectivity index (χ0) is 16.9. The van der Waals surface area contributed by atoms with E-state index < -0.39 is 0 Å². The van der Waals surface area contributed by atoms with Gasteiger partial charge in [0.15, 0.2) is 0 Å². The molecule has 1 aromatic rings. The van der Waals surface area contributed by atoms with Gasteiger partial charge >= 0.3 is 0 Å². The van der Waals surface area contributed by atoms with E-state index in [9.17, 15) is 4.79 Å². The van der Waals surface area contributed by atoms with E-state index in [0.29, 0.717) is 6.42 Å². The smallest absolute Gasteiger partial charge is 0.224 e. The highest BCUT2D eigenvalue weighted by Gasteiger charge is 2.19. The average molecular weight is 329 g/mol. The number of piperazine rings is 1. The maximum atomic E-state index is 12.4. The molecule has 0 aromatic heterocycles. The fraction of sp³-hybridized carbons (Fsp3) is 0.650. The molecule has 0 spiro atoms. The minimum atomic E-state index is 0.161. The molecular formula is C20H31N3O. The van der Waals surface area contributed by atoms with Crippen LogP contribution in [0.25, 0.3) is 0 Å². The van der Waals surface area contributed by atoms with Crippen LogP contribution in [0.4, 0.5) is 0 Å². The highest BCUT2D eigenvalue weighted by atomic mass is 16.1. The van der Waals surface area contributed by atoms with E-state index in [0.717, 1.165) is 44.7 Å². The second-order valence-electron chi connectivity index (χ2n) is 7.41. The molecule has 132 valence electrons. The van der Waals surface area contributed by atoms with Crippen LogP contribution in [0.15, 0.2) is 18.2 Å². The molecule has 1 heterocycles. The van der Waals surface area contributed by atoms with Gasteiger partial charge in [-0.3, -0.25) is 9.69 Å². The predicted molar refractivity (Wildman–Crippen MR) is 98.3 cm³/mol. The van der Waals surface area contributed by atoms with Crippen molar-refractivity contribution in [2.24, 2.45) is 0 Å². The molecule has 1 saturated heterocycles. The lowest BCUT2D eigenvalue weighted by atomic mass is 10.0.